The highest BCUT2D eigenvalue weighted by Gasteiger charge is 2.23. The third kappa shape index (κ3) is 7.91. The number of halogens is 2. The van der Waals surface area contributed by atoms with Gasteiger partial charge in [0, 0.05) is 73.5 Å². The van der Waals surface area contributed by atoms with Gasteiger partial charge in [-0.25, -0.2) is 14.8 Å². The Morgan fingerprint density at radius 3 is 1.92 bits per heavy atom. The minimum absolute atomic E-state index is 0.0786. The van der Waals surface area contributed by atoms with Crippen molar-refractivity contribution in [3.63, 3.8) is 0 Å². The highest BCUT2D eigenvalue weighted by molar-refractivity contribution is 6.39. The molecule has 1 atom stereocenters. The number of nitrogens with two attached hydrogens (primary N) is 1. The normalized spacial score (nSPS) is 16.4. The third-order valence-electron chi connectivity index (χ3n) is 8.98. The number of benzene rings is 2. The first-order valence-electron chi connectivity index (χ1n) is 16.4. The Balaban J connectivity index is 1.19. The highest BCUT2D eigenvalue weighted by atomic mass is 35.5. The van der Waals surface area contributed by atoms with Crippen LogP contribution < -0.4 is 31.2 Å². The van der Waals surface area contributed by atoms with Crippen molar-refractivity contribution in [2.24, 2.45) is 5.73 Å². The fourth-order valence-electron chi connectivity index (χ4n) is 6.24. The molecule has 0 saturated carbocycles. The van der Waals surface area contributed by atoms with Crippen LogP contribution in [0.1, 0.15) is 37.1 Å². The predicted molar refractivity (Wildman–Crippen MR) is 191 cm³/mol. The molecule has 262 valence electrons. The minimum Gasteiger partial charge on any atom is -0.480 e. The van der Waals surface area contributed by atoms with Gasteiger partial charge in [0.25, 0.3) is 0 Å². The van der Waals surface area contributed by atoms with Crippen LogP contribution in [0, 0.1) is 0 Å². The molecule has 5 N–H and O–H groups in total. The molecule has 4 heterocycles. The van der Waals surface area contributed by atoms with Gasteiger partial charge in [0.15, 0.2) is 0 Å². The first-order valence-corrected chi connectivity index (χ1v) is 17.2. The molecule has 2 aliphatic rings. The standard InChI is InChI=1S/C35H39Cl2N9O4/c1-49-33-28(16-39-15-21-9-10-30(47)43-21)41-17-26(44-33)24-7-3-5-22(31(24)36)23-6-4-8-25(32(23)37)27-18-42-29(34(45-27)50-2)19-40-20-11-13-46(14-12-20)35(38)48/h3-8,17-18,20-21,39-40H,9-16,19H2,1-2H3,(H2,38,48)(H,43,47)/t21-/m0/s1. The number of methoxy groups -OCH3 is 2. The van der Waals surface area contributed by atoms with Gasteiger partial charge >= 0.3 is 6.03 Å². The number of primary amides is 1. The zero-order chi connectivity index (χ0) is 35.2. The number of hydrogen-bond acceptors (Lipinski definition) is 10. The maximum atomic E-state index is 11.5. The zero-order valence-corrected chi connectivity index (χ0v) is 29.4. The molecule has 15 heteroatoms. The second-order valence-corrected chi connectivity index (χ2v) is 12.9. The summed E-state index contributed by atoms with van der Waals surface area (Å²) < 4.78 is 11.2. The van der Waals surface area contributed by atoms with Gasteiger partial charge in [-0.15, -0.1) is 0 Å². The van der Waals surface area contributed by atoms with E-state index in [1.807, 2.05) is 36.4 Å². The van der Waals surface area contributed by atoms with Crippen LogP contribution in [0.4, 0.5) is 4.79 Å². The highest BCUT2D eigenvalue weighted by Crippen LogP contribution is 2.42. The minimum atomic E-state index is -0.386. The molecule has 0 bridgehead atoms. The van der Waals surface area contributed by atoms with E-state index in [0.29, 0.717) is 106 Å². The van der Waals surface area contributed by atoms with Gasteiger partial charge < -0.3 is 36.1 Å². The lowest BCUT2D eigenvalue weighted by molar-refractivity contribution is -0.119. The van der Waals surface area contributed by atoms with Gasteiger partial charge in [0.05, 0.1) is 48.0 Å². The Kier molecular flexibility index (Phi) is 11.3. The van der Waals surface area contributed by atoms with E-state index in [0.717, 1.165) is 19.3 Å². The topological polar surface area (TPSA) is 170 Å². The molecule has 4 aromatic rings. The van der Waals surface area contributed by atoms with Gasteiger partial charge in [-0.05, 0) is 19.3 Å². The second-order valence-electron chi connectivity index (χ2n) is 12.2. The average molecular weight is 721 g/mol. The van der Waals surface area contributed by atoms with Gasteiger partial charge in [-0.1, -0.05) is 59.6 Å². The zero-order valence-electron chi connectivity index (χ0n) is 27.8. The summed E-state index contributed by atoms with van der Waals surface area (Å²) in [4.78, 5) is 43.3. The van der Waals surface area contributed by atoms with Gasteiger partial charge in [0.1, 0.15) is 11.4 Å². The number of piperidine rings is 1. The summed E-state index contributed by atoms with van der Waals surface area (Å²) in [6, 6.07) is 11.3. The predicted octanol–water partition coefficient (Wildman–Crippen LogP) is 4.59. The maximum Gasteiger partial charge on any atom is 0.314 e. The van der Waals surface area contributed by atoms with Crippen molar-refractivity contribution >= 4 is 35.1 Å². The molecular weight excluding hydrogens is 681 g/mol. The Labute approximate surface area is 300 Å². The monoisotopic (exact) mass is 719 g/mol. The molecule has 13 nitrogen and oxygen atoms in total. The molecule has 50 heavy (non-hydrogen) atoms. The van der Waals surface area contributed by atoms with E-state index in [4.69, 9.17) is 48.4 Å². The van der Waals surface area contributed by atoms with Crippen LogP contribution in [-0.2, 0) is 17.9 Å². The summed E-state index contributed by atoms with van der Waals surface area (Å²) in [6.45, 7) is 2.76. The van der Waals surface area contributed by atoms with E-state index in [9.17, 15) is 9.59 Å². The average Bonchev–Trinajstić information content (AvgIpc) is 3.55. The second kappa shape index (κ2) is 16.0. The fourth-order valence-corrected chi connectivity index (χ4v) is 6.89. The van der Waals surface area contributed by atoms with Crippen LogP contribution in [0.3, 0.4) is 0 Å². The summed E-state index contributed by atoms with van der Waals surface area (Å²) in [5.41, 5.74) is 10.6. The summed E-state index contributed by atoms with van der Waals surface area (Å²) in [6.07, 6.45) is 6.31. The lowest BCUT2D eigenvalue weighted by atomic mass is 9.98. The summed E-state index contributed by atoms with van der Waals surface area (Å²) in [7, 11) is 3.11. The molecule has 2 aromatic carbocycles. The van der Waals surface area contributed by atoms with Crippen LogP contribution in [-0.4, -0.2) is 82.7 Å². The molecular formula is C35H39Cl2N9O4. The number of likely N-dealkylation sites (tertiary alicyclic amines) is 1. The van der Waals surface area contributed by atoms with E-state index < -0.39 is 0 Å². The van der Waals surface area contributed by atoms with E-state index in [2.05, 4.69) is 25.9 Å². The number of aromatic nitrogens is 4. The van der Waals surface area contributed by atoms with Crippen molar-refractivity contribution in [3.05, 3.63) is 70.2 Å². The summed E-state index contributed by atoms with van der Waals surface area (Å²) in [5, 5.41) is 10.7. The Bertz CT molecular complexity index is 1870. The molecule has 2 aliphatic heterocycles. The number of amides is 3. The Morgan fingerprint density at radius 2 is 1.42 bits per heavy atom. The molecule has 2 fully saturated rings. The number of ether oxygens (including phenoxy) is 2. The number of hydrogen-bond donors (Lipinski definition) is 4. The summed E-state index contributed by atoms with van der Waals surface area (Å²) >= 11 is 14.1. The van der Waals surface area contributed by atoms with Crippen LogP contribution in [0.5, 0.6) is 11.8 Å². The van der Waals surface area contributed by atoms with Crippen LogP contribution in [0.15, 0.2) is 48.8 Å². The van der Waals surface area contributed by atoms with Crippen molar-refractivity contribution in [1.29, 1.82) is 0 Å². The van der Waals surface area contributed by atoms with E-state index in [-0.39, 0.29) is 24.0 Å². The first-order chi connectivity index (χ1) is 24.2. The lowest BCUT2D eigenvalue weighted by Crippen LogP contribution is -2.46. The molecule has 0 aliphatic carbocycles. The third-order valence-corrected chi connectivity index (χ3v) is 9.80. The van der Waals surface area contributed by atoms with Crippen LogP contribution in [0.2, 0.25) is 10.0 Å². The number of nitrogens with one attached hydrogen (secondary N) is 3. The van der Waals surface area contributed by atoms with Crippen molar-refractivity contribution in [2.75, 3.05) is 33.9 Å². The van der Waals surface area contributed by atoms with Gasteiger partial charge in [-0.2, -0.15) is 0 Å². The fraction of sp³-hybridized carbons (Fsp3) is 0.371. The van der Waals surface area contributed by atoms with Crippen molar-refractivity contribution in [2.45, 2.75) is 50.9 Å². The SMILES string of the molecule is COc1nc(-c2cccc(-c3cccc(-c4cnc(CNC5CCN(C(N)=O)CC5)c(OC)n4)c3Cl)c2Cl)cnc1CNC[C@@H]1CCC(=O)N1. The molecule has 0 spiro atoms. The number of carbonyl (C=O) groups excluding carboxylic acids is 2. The van der Waals surface area contributed by atoms with E-state index in [1.54, 1.807) is 31.5 Å². The number of nitrogens with zero attached hydrogens (tertiary/aromatic N) is 5. The molecule has 2 aromatic heterocycles. The maximum absolute atomic E-state index is 11.5. The molecule has 3 amide bonds. The number of rotatable bonds is 12. The van der Waals surface area contributed by atoms with Crippen molar-refractivity contribution < 1.29 is 19.1 Å². The first kappa shape index (κ1) is 35.3. The molecule has 0 radical (unpaired) electrons. The Morgan fingerprint density at radius 1 is 0.880 bits per heavy atom. The van der Waals surface area contributed by atoms with Crippen LogP contribution in [0.25, 0.3) is 33.6 Å². The largest absolute Gasteiger partial charge is 0.480 e. The van der Waals surface area contributed by atoms with Crippen molar-refractivity contribution in [3.8, 4) is 45.4 Å². The number of urea groups is 1. The quantitative estimate of drug-likeness (QED) is 0.162. The van der Waals surface area contributed by atoms with Crippen LogP contribution >= 0.6 is 23.2 Å². The number of carbonyl (C=O) groups is 2. The van der Waals surface area contributed by atoms with E-state index >= 15 is 0 Å². The lowest BCUT2D eigenvalue weighted by Gasteiger charge is -2.31. The molecule has 0 unspecified atom stereocenters. The van der Waals surface area contributed by atoms with E-state index in [1.165, 1.54) is 0 Å². The smallest absolute Gasteiger partial charge is 0.314 e. The Hall–Kier alpha value is -4.56. The summed E-state index contributed by atoms with van der Waals surface area (Å²) in [5.74, 6) is 0.851. The van der Waals surface area contributed by atoms with Gasteiger partial charge in [0.2, 0.25) is 17.7 Å². The van der Waals surface area contributed by atoms with Crippen molar-refractivity contribution in [1.82, 2.24) is 40.8 Å². The molecule has 2 saturated heterocycles. The van der Waals surface area contributed by atoms with Gasteiger partial charge in [-0.3, -0.25) is 14.8 Å². The molecule has 6 rings (SSSR count).